The first kappa shape index (κ1) is 43.1. The molecule has 0 aromatic heterocycles. The monoisotopic (exact) mass is 778 g/mol. The minimum Gasteiger partial charge on any atom is -0.504 e. The Morgan fingerprint density at radius 1 is 0.382 bits per heavy atom. The van der Waals surface area contributed by atoms with Crippen LogP contribution in [-0.2, 0) is 17.1 Å². The smallest absolute Gasteiger partial charge is 0.166 e. The summed E-state index contributed by atoms with van der Waals surface area (Å²) in [6.07, 6.45) is 4.88. The van der Waals surface area contributed by atoms with Gasteiger partial charge < -0.3 is 29.5 Å². The van der Waals surface area contributed by atoms with Gasteiger partial charge in [-0.25, -0.2) is 0 Å². The number of phenolic OH excluding ortho intramolecular Hbond substituents is 3. The van der Waals surface area contributed by atoms with Gasteiger partial charge in [0.2, 0.25) is 0 Å². The van der Waals surface area contributed by atoms with E-state index in [1.54, 1.807) is 55.0 Å². The zero-order valence-electron chi connectivity index (χ0n) is 31.6. The summed E-state index contributed by atoms with van der Waals surface area (Å²) in [5.74, 6) is 1.66. The SMILES string of the molecule is COc1cccc(C=Nc2ccc(C)cc2)c1O.COc1cccc(C=Nc2ccc(C)cc2)c1O.COc1cccc(C=Nc2ccc(C)cc2)c1O.[Mn]. The van der Waals surface area contributed by atoms with E-state index in [-0.39, 0.29) is 34.3 Å². The molecule has 10 heteroatoms. The van der Waals surface area contributed by atoms with Crippen molar-refractivity contribution >= 4 is 35.7 Å². The first-order valence-electron chi connectivity index (χ1n) is 17.0. The molecule has 0 aliphatic heterocycles. The quantitative estimate of drug-likeness (QED) is 0.0991. The minimum atomic E-state index is 0. The summed E-state index contributed by atoms with van der Waals surface area (Å²) >= 11 is 0. The zero-order valence-corrected chi connectivity index (χ0v) is 32.8. The number of methoxy groups -OCH3 is 3. The van der Waals surface area contributed by atoms with Crippen molar-refractivity contribution in [3.8, 4) is 34.5 Å². The second-order valence-corrected chi connectivity index (χ2v) is 12.0. The number of para-hydroxylation sites is 3. The van der Waals surface area contributed by atoms with Gasteiger partial charge in [-0.05, 0) is 93.6 Å². The Morgan fingerprint density at radius 2 is 0.618 bits per heavy atom. The molecule has 6 aromatic rings. The second kappa shape index (κ2) is 22.0. The average molecular weight is 779 g/mol. The molecule has 0 aliphatic carbocycles. The maximum absolute atomic E-state index is 9.89. The van der Waals surface area contributed by atoms with Crippen molar-refractivity contribution in [1.29, 1.82) is 0 Å². The molecule has 0 atom stereocenters. The van der Waals surface area contributed by atoms with Crippen molar-refractivity contribution in [2.75, 3.05) is 21.3 Å². The number of nitrogens with zero attached hydrogens (tertiary/aromatic N) is 3. The standard InChI is InChI=1S/3C15H15NO2.Mn/c3*1-11-6-8-13(9-7-11)16-10-12-4-3-5-14(18-2)15(12)17;/h3*3-10,17H,1-2H3;. The molecule has 9 nitrogen and oxygen atoms in total. The van der Waals surface area contributed by atoms with Crippen molar-refractivity contribution in [1.82, 2.24) is 0 Å². The summed E-state index contributed by atoms with van der Waals surface area (Å²) in [7, 11) is 4.57. The number of benzene rings is 6. The van der Waals surface area contributed by atoms with E-state index in [0.29, 0.717) is 33.9 Å². The third-order valence-corrected chi connectivity index (χ3v) is 7.91. The summed E-state index contributed by atoms with van der Waals surface area (Å²) in [5, 5.41) is 29.7. The van der Waals surface area contributed by atoms with Gasteiger partial charge in [-0.15, -0.1) is 0 Å². The average Bonchev–Trinajstić information content (AvgIpc) is 3.19. The Balaban J connectivity index is 0.000000220. The molecular weight excluding hydrogens is 733 g/mol. The van der Waals surface area contributed by atoms with Gasteiger partial charge in [0.1, 0.15) is 0 Å². The molecule has 6 aromatic carbocycles. The maximum atomic E-state index is 9.89. The number of hydrogen-bond donors (Lipinski definition) is 3. The Labute approximate surface area is 333 Å². The van der Waals surface area contributed by atoms with Crippen molar-refractivity contribution < 1.29 is 46.6 Å². The van der Waals surface area contributed by atoms with Gasteiger partial charge in [0.15, 0.2) is 34.5 Å². The number of aryl methyl sites for hydroxylation is 3. The van der Waals surface area contributed by atoms with E-state index >= 15 is 0 Å². The van der Waals surface area contributed by atoms with E-state index in [1.807, 2.05) is 112 Å². The Morgan fingerprint density at radius 3 is 0.836 bits per heavy atom. The largest absolute Gasteiger partial charge is 0.504 e. The van der Waals surface area contributed by atoms with E-state index in [4.69, 9.17) is 14.2 Å². The molecule has 0 heterocycles. The van der Waals surface area contributed by atoms with Crippen LogP contribution in [0.15, 0.2) is 142 Å². The first-order chi connectivity index (χ1) is 26.1. The maximum Gasteiger partial charge on any atom is 0.166 e. The van der Waals surface area contributed by atoms with Gasteiger partial charge in [0.05, 0.1) is 38.4 Å². The normalized spacial score (nSPS) is 10.6. The fourth-order valence-electron chi connectivity index (χ4n) is 4.75. The summed E-state index contributed by atoms with van der Waals surface area (Å²) in [6, 6.07) is 39.5. The zero-order chi connectivity index (χ0) is 38.9. The van der Waals surface area contributed by atoms with E-state index in [0.717, 1.165) is 17.1 Å². The molecule has 6 rings (SSSR count). The van der Waals surface area contributed by atoms with Crippen LogP contribution in [0.2, 0.25) is 0 Å². The third-order valence-electron chi connectivity index (χ3n) is 7.91. The number of ether oxygens (including phenoxy) is 3. The summed E-state index contributed by atoms with van der Waals surface area (Å²) in [4.78, 5) is 12.9. The van der Waals surface area contributed by atoms with Crippen LogP contribution < -0.4 is 14.2 Å². The van der Waals surface area contributed by atoms with Crippen molar-refractivity contribution in [3.05, 3.63) is 161 Å². The van der Waals surface area contributed by atoms with E-state index in [1.165, 1.54) is 38.0 Å². The second-order valence-electron chi connectivity index (χ2n) is 12.0. The van der Waals surface area contributed by atoms with Crippen LogP contribution in [0.5, 0.6) is 34.5 Å². The summed E-state index contributed by atoms with van der Waals surface area (Å²) < 4.78 is 15.1. The van der Waals surface area contributed by atoms with Crippen molar-refractivity contribution in [3.63, 3.8) is 0 Å². The van der Waals surface area contributed by atoms with E-state index in [2.05, 4.69) is 15.0 Å². The molecule has 283 valence electrons. The topological polar surface area (TPSA) is 125 Å². The van der Waals surface area contributed by atoms with Gasteiger partial charge in [0, 0.05) is 52.4 Å². The van der Waals surface area contributed by atoms with Crippen LogP contribution in [0.3, 0.4) is 0 Å². The van der Waals surface area contributed by atoms with Crippen LogP contribution in [0, 0.1) is 20.8 Å². The van der Waals surface area contributed by atoms with Gasteiger partial charge in [0.25, 0.3) is 0 Å². The molecule has 55 heavy (non-hydrogen) atoms. The van der Waals surface area contributed by atoms with Gasteiger partial charge >= 0.3 is 0 Å². The number of hydrogen-bond acceptors (Lipinski definition) is 9. The number of phenols is 3. The van der Waals surface area contributed by atoms with Gasteiger partial charge in [-0.1, -0.05) is 71.3 Å². The molecule has 0 saturated heterocycles. The van der Waals surface area contributed by atoms with E-state index < -0.39 is 0 Å². The Kier molecular flexibility index (Phi) is 17.2. The van der Waals surface area contributed by atoms with Crippen molar-refractivity contribution in [2.45, 2.75) is 20.8 Å². The number of rotatable bonds is 9. The molecule has 1 radical (unpaired) electrons. The van der Waals surface area contributed by atoms with Crippen LogP contribution >= 0.6 is 0 Å². The van der Waals surface area contributed by atoms with Gasteiger partial charge in [-0.2, -0.15) is 0 Å². The predicted octanol–water partition coefficient (Wildman–Crippen LogP) is 10.4. The number of aromatic hydroxyl groups is 3. The van der Waals surface area contributed by atoms with Crippen LogP contribution in [-0.4, -0.2) is 55.3 Å². The molecule has 0 fully saturated rings. The fourth-order valence-corrected chi connectivity index (χ4v) is 4.75. The molecular formula is C45H45MnN3O6. The molecule has 0 bridgehead atoms. The fraction of sp³-hybridized carbons (Fsp3) is 0.133. The molecule has 0 saturated carbocycles. The van der Waals surface area contributed by atoms with Crippen LogP contribution in [0.25, 0.3) is 0 Å². The summed E-state index contributed by atoms with van der Waals surface area (Å²) in [6.45, 7) is 6.09. The molecule has 0 unspecified atom stereocenters. The van der Waals surface area contributed by atoms with E-state index in [9.17, 15) is 15.3 Å². The molecule has 3 N–H and O–H groups in total. The van der Waals surface area contributed by atoms with Crippen molar-refractivity contribution in [2.24, 2.45) is 15.0 Å². The number of aliphatic imine (C=N–C) groups is 3. The van der Waals surface area contributed by atoms with Crippen LogP contribution in [0.1, 0.15) is 33.4 Å². The molecule has 0 aliphatic rings. The first-order valence-corrected chi connectivity index (χ1v) is 17.0. The predicted molar refractivity (Wildman–Crippen MR) is 219 cm³/mol. The minimum absolute atomic E-state index is 0. The third kappa shape index (κ3) is 13.2. The molecule has 0 amide bonds. The van der Waals surface area contributed by atoms with Gasteiger partial charge in [-0.3, -0.25) is 15.0 Å². The molecule has 0 spiro atoms. The Bertz CT molecular complexity index is 1930. The van der Waals surface area contributed by atoms with Crippen LogP contribution in [0.4, 0.5) is 17.1 Å². The Hall–Kier alpha value is -6.35. The summed E-state index contributed by atoms with van der Waals surface area (Å²) in [5.41, 5.74) is 8.03.